The molecule has 2 aromatic carbocycles. The highest BCUT2D eigenvalue weighted by atomic mass is 28.3. The van der Waals surface area contributed by atoms with Crippen molar-refractivity contribution in [2.24, 2.45) is 0 Å². The zero-order chi connectivity index (χ0) is 17.4. The summed E-state index contributed by atoms with van der Waals surface area (Å²) in [6.45, 7) is 7.18. The first-order valence-electron chi connectivity index (χ1n) is 9.26. The molecule has 0 saturated carbocycles. The van der Waals surface area contributed by atoms with Gasteiger partial charge in [-0.05, 0) is 35.2 Å². The molecule has 0 fully saturated rings. The molecule has 0 saturated heterocycles. The van der Waals surface area contributed by atoms with Gasteiger partial charge in [0.15, 0.2) is 0 Å². The summed E-state index contributed by atoms with van der Waals surface area (Å²) in [6.07, 6.45) is 2.53. The van der Waals surface area contributed by atoms with Crippen LogP contribution < -0.4 is 0 Å². The predicted molar refractivity (Wildman–Crippen MR) is 107 cm³/mol. The van der Waals surface area contributed by atoms with Crippen molar-refractivity contribution in [2.75, 3.05) is 0 Å². The molecule has 2 aromatic rings. The van der Waals surface area contributed by atoms with Crippen LogP contribution in [0.2, 0.25) is 24.2 Å². The van der Waals surface area contributed by atoms with Gasteiger partial charge in [0.25, 0.3) is 0 Å². The van der Waals surface area contributed by atoms with Crippen LogP contribution in [0.1, 0.15) is 38.3 Å². The number of nitriles is 1. The maximum Gasteiger partial charge on any atom is 0.0991 e. The molecule has 24 heavy (non-hydrogen) atoms. The second kappa shape index (κ2) is 8.85. The Bertz CT molecular complexity index is 652. The van der Waals surface area contributed by atoms with Gasteiger partial charge in [0.05, 0.1) is 19.7 Å². The minimum absolute atomic E-state index is 0.714. The van der Waals surface area contributed by atoms with Crippen LogP contribution in [0.5, 0.6) is 0 Å². The molecule has 0 aromatic heterocycles. The monoisotopic (exact) mass is 335 g/mol. The molecule has 0 heterocycles. The van der Waals surface area contributed by atoms with E-state index in [4.69, 9.17) is 5.26 Å². The molecular formula is C22H29NSi. The summed E-state index contributed by atoms with van der Waals surface area (Å²) in [5.74, 6) is 0. The van der Waals surface area contributed by atoms with Crippen LogP contribution in [0.3, 0.4) is 0 Å². The van der Waals surface area contributed by atoms with E-state index in [2.05, 4.69) is 51.1 Å². The molecule has 0 atom stereocenters. The number of hydrogen-bond donors (Lipinski definition) is 0. The highest BCUT2D eigenvalue weighted by Gasteiger charge is 2.25. The van der Waals surface area contributed by atoms with Crippen molar-refractivity contribution in [1.82, 2.24) is 0 Å². The third-order valence-corrected chi connectivity index (χ3v) is 11.6. The summed E-state index contributed by atoms with van der Waals surface area (Å²) in [5.41, 5.74) is 4.56. The first-order valence-corrected chi connectivity index (χ1v) is 12.1. The van der Waals surface area contributed by atoms with E-state index in [0.717, 1.165) is 0 Å². The Morgan fingerprint density at radius 3 is 1.75 bits per heavy atom. The Balaban J connectivity index is 1.96. The van der Waals surface area contributed by atoms with E-state index in [1.807, 2.05) is 24.3 Å². The van der Waals surface area contributed by atoms with E-state index in [0.29, 0.717) is 5.56 Å². The van der Waals surface area contributed by atoms with Crippen molar-refractivity contribution >= 4 is 8.07 Å². The van der Waals surface area contributed by atoms with Gasteiger partial charge in [-0.3, -0.25) is 0 Å². The Hall–Kier alpha value is -1.85. The summed E-state index contributed by atoms with van der Waals surface area (Å²) in [5, 5.41) is 8.88. The van der Waals surface area contributed by atoms with Crippen molar-refractivity contribution in [1.29, 1.82) is 5.26 Å². The molecule has 0 aliphatic rings. The summed E-state index contributed by atoms with van der Waals surface area (Å²) in [4.78, 5) is 0. The van der Waals surface area contributed by atoms with Gasteiger partial charge in [-0.25, -0.2) is 0 Å². The first kappa shape index (κ1) is 18.5. The van der Waals surface area contributed by atoms with Crippen molar-refractivity contribution in [3.05, 3.63) is 59.7 Å². The molecule has 0 spiro atoms. The molecule has 2 heteroatoms. The summed E-state index contributed by atoms with van der Waals surface area (Å²) in [6, 6.07) is 24.7. The smallest absolute Gasteiger partial charge is 0.0991 e. The highest BCUT2D eigenvalue weighted by molar-refractivity contribution is 6.79. The van der Waals surface area contributed by atoms with E-state index >= 15 is 0 Å². The van der Waals surface area contributed by atoms with Crippen LogP contribution in [-0.4, -0.2) is 8.07 Å². The number of benzene rings is 2. The molecule has 0 N–H and O–H groups in total. The van der Waals surface area contributed by atoms with E-state index in [-0.39, 0.29) is 0 Å². The third-order valence-electron chi connectivity index (χ3n) is 5.72. The van der Waals surface area contributed by atoms with Gasteiger partial charge in [0, 0.05) is 0 Å². The van der Waals surface area contributed by atoms with Crippen LogP contribution >= 0.6 is 0 Å². The first-order chi connectivity index (χ1) is 11.7. The number of aryl methyl sites for hydroxylation is 1. The Morgan fingerprint density at radius 2 is 1.29 bits per heavy atom. The quantitative estimate of drug-likeness (QED) is 0.494. The highest BCUT2D eigenvalue weighted by Crippen LogP contribution is 2.27. The van der Waals surface area contributed by atoms with Gasteiger partial charge in [-0.1, -0.05) is 87.8 Å². The van der Waals surface area contributed by atoms with E-state index in [9.17, 15) is 0 Å². The number of rotatable bonds is 8. The van der Waals surface area contributed by atoms with Crippen molar-refractivity contribution in [3.8, 4) is 17.2 Å². The minimum Gasteiger partial charge on any atom is -0.192 e. The average molecular weight is 336 g/mol. The van der Waals surface area contributed by atoms with Gasteiger partial charge in [0.1, 0.15) is 0 Å². The lowest BCUT2D eigenvalue weighted by atomic mass is 10.0. The van der Waals surface area contributed by atoms with Gasteiger partial charge >= 0.3 is 0 Å². The Labute approximate surface area is 148 Å². The topological polar surface area (TPSA) is 23.8 Å². The standard InChI is InChI=1S/C22H29NSi/c1-4-24(5-2,6-3)17-7-8-19-9-13-21(14-10-19)22-15-11-20(18-23)12-16-22/h9-16H,4-8,17H2,1-3H3. The van der Waals surface area contributed by atoms with Gasteiger partial charge in [-0.15, -0.1) is 0 Å². The normalized spacial score (nSPS) is 11.2. The lowest BCUT2D eigenvalue weighted by molar-refractivity contribution is 0.882. The number of nitrogens with zero attached hydrogens (tertiary/aromatic N) is 1. The Morgan fingerprint density at radius 1 is 0.792 bits per heavy atom. The molecule has 126 valence electrons. The molecule has 0 unspecified atom stereocenters. The molecule has 2 rings (SSSR count). The third kappa shape index (κ3) is 4.58. The summed E-state index contributed by atoms with van der Waals surface area (Å²) in [7, 11) is -0.970. The Kier molecular flexibility index (Phi) is 6.81. The van der Waals surface area contributed by atoms with Crippen molar-refractivity contribution in [2.45, 2.75) is 57.8 Å². The largest absolute Gasteiger partial charge is 0.192 e. The second-order valence-electron chi connectivity index (χ2n) is 6.80. The van der Waals surface area contributed by atoms with E-state index < -0.39 is 8.07 Å². The molecule has 1 nitrogen and oxygen atoms in total. The zero-order valence-corrected chi connectivity index (χ0v) is 16.3. The zero-order valence-electron chi connectivity index (χ0n) is 15.3. The van der Waals surface area contributed by atoms with Crippen molar-refractivity contribution in [3.63, 3.8) is 0 Å². The van der Waals surface area contributed by atoms with Gasteiger partial charge < -0.3 is 0 Å². The molecule has 0 aliphatic heterocycles. The van der Waals surface area contributed by atoms with Gasteiger partial charge in [-0.2, -0.15) is 5.26 Å². The van der Waals surface area contributed by atoms with Crippen LogP contribution in [0.25, 0.3) is 11.1 Å². The maximum absolute atomic E-state index is 8.88. The minimum atomic E-state index is -0.970. The van der Waals surface area contributed by atoms with Crippen LogP contribution in [0.4, 0.5) is 0 Å². The van der Waals surface area contributed by atoms with E-state index in [1.54, 1.807) is 0 Å². The van der Waals surface area contributed by atoms with Crippen LogP contribution in [-0.2, 0) is 6.42 Å². The fraction of sp³-hybridized carbons (Fsp3) is 0.409. The predicted octanol–water partition coefficient (Wildman–Crippen LogP) is 6.67. The SMILES string of the molecule is CC[Si](CC)(CC)CCCc1ccc(-c2ccc(C#N)cc2)cc1. The molecular weight excluding hydrogens is 306 g/mol. The fourth-order valence-electron chi connectivity index (χ4n) is 3.55. The molecule has 0 aliphatic carbocycles. The summed E-state index contributed by atoms with van der Waals surface area (Å²) < 4.78 is 0. The lowest BCUT2D eigenvalue weighted by Gasteiger charge is -2.28. The van der Waals surface area contributed by atoms with Gasteiger partial charge in [0.2, 0.25) is 0 Å². The second-order valence-corrected chi connectivity index (χ2v) is 12.4. The molecule has 0 bridgehead atoms. The summed E-state index contributed by atoms with van der Waals surface area (Å²) >= 11 is 0. The van der Waals surface area contributed by atoms with Crippen LogP contribution in [0.15, 0.2) is 48.5 Å². The molecule has 0 amide bonds. The fourth-order valence-corrected chi connectivity index (χ4v) is 7.04. The number of hydrogen-bond acceptors (Lipinski definition) is 1. The molecule has 0 radical (unpaired) electrons. The van der Waals surface area contributed by atoms with E-state index in [1.165, 1.54) is 53.7 Å². The van der Waals surface area contributed by atoms with Crippen molar-refractivity contribution < 1.29 is 0 Å². The lowest BCUT2D eigenvalue weighted by Crippen LogP contribution is -2.30. The maximum atomic E-state index is 8.88. The average Bonchev–Trinajstić information content (AvgIpc) is 2.66. The van der Waals surface area contributed by atoms with Crippen LogP contribution in [0, 0.1) is 11.3 Å².